The molecule has 162 valence electrons. The molecule has 7 nitrogen and oxygen atoms in total. The normalized spacial score (nSPS) is 15.9. The molecule has 2 aromatic carbocycles. The third-order valence-electron chi connectivity index (χ3n) is 5.67. The molecule has 4 rings (SSSR count). The number of anilines is 1. The van der Waals surface area contributed by atoms with Gasteiger partial charge in [-0.05, 0) is 42.7 Å². The maximum Gasteiger partial charge on any atom is 0.269 e. The van der Waals surface area contributed by atoms with Crippen molar-refractivity contribution in [2.45, 2.75) is 32.0 Å². The number of para-hydroxylation sites is 2. The summed E-state index contributed by atoms with van der Waals surface area (Å²) in [6, 6.07) is 15.6. The molecule has 2 heterocycles. The van der Waals surface area contributed by atoms with Gasteiger partial charge in [-0.15, -0.1) is 0 Å². The van der Waals surface area contributed by atoms with Crippen molar-refractivity contribution >= 4 is 22.6 Å². The van der Waals surface area contributed by atoms with E-state index >= 15 is 0 Å². The number of aromatic nitrogens is 2. The van der Waals surface area contributed by atoms with E-state index in [1.165, 1.54) is 10.8 Å². The summed E-state index contributed by atoms with van der Waals surface area (Å²) in [5, 5.41) is 0. The van der Waals surface area contributed by atoms with Crippen LogP contribution in [0.1, 0.15) is 18.4 Å². The molecule has 0 N–H and O–H groups in total. The highest BCUT2D eigenvalue weighted by atomic mass is 16.5. The monoisotopic (exact) mass is 420 g/mol. The number of ether oxygens (including phenoxy) is 1. The fourth-order valence-corrected chi connectivity index (χ4v) is 3.92. The third-order valence-corrected chi connectivity index (χ3v) is 5.67. The first-order valence-electron chi connectivity index (χ1n) is 10.6. The van der Waals surface area contributed by atoms with Crippen molar-refractivity contribution in [3.8, 4) is 0 Å². The van der Waals surface area contributed by atoms with Crippen molar-refractivity contribution in [3.05, 3.63) is 70.6 Å². The van der Waals surface area contributed by atoms with E-state index in [0.717, 1.165) is 30.7 Å². The van der Waals surface area contributed by atoms with Crippen molar-refractivity contribution in [1.82, 2.24) is 14.5 Å². The minimum atomic E-state index is -0.278. The lowest BCUT2D eigenvalue weighted by molar-refractivity contribution is -0.134. The second-order valence-corrected chi connectivity index (χ2v) is 8.14. The van der Waals surface area contributed by atoms with Crippen LogP contribution in [0.25, 0.3) is 11.0 Å². The molecule has 0 aliphatic carbocycles. The first-order valence-corrected chi connectivity index (χ1v) is 10.6. The van der Waals surface area contributed by atoms with Gasteiger partial charge in [0.05, 0.1) is 23.3 Å². The summed E-state index contributed by atoms with van der Waals surface area (Å²) in [4.78, 5) is 33.9. The molecule has 0 saturated carbocycles. The molecule has 3 aromatic rings. The number of carbonyl (C=O) groups is 1. The van der Waals surface area contributed by atoms with Crippen molar-refractivity contribution in [3.63, 3.8) is 0 Å². The summed E-state index contributed by atoms with van der Waals surface area (Å²) >= 11 is 0. The number of fused-ring (bicyclic) bond motifs is 1. The summed E-state index contributed by atoms with van der Waals surface area (Å²) in [6.45, 7) is 1.71. The molecule has 1 saturated heterocycles. The molecule has 1 aromatic heterocycles. The Morgan fingerprint density at radius 1 is 1.16 bits per heavy atom. The molecule has 1 unspecified atom stereocenters. The summed E-state index contributed by atoms with van der Waals surface area (Å²) in [5.74, 6) is -0.106. The molecular formula is C24H28N4O3. The second kappa shape index (κ2) is 9.31. The lowest BCUT2D eigenvalue weighted by Crippen LogP contribution is -2.40. The highest BCUT2D eigenvalue weighted by Crippen LogP contribution is 2.18. The van der Waals surface area contributed by atoms with E-state index in [-0.39, 0.29) is 24.1 Å². The molecule has 7 heteroatoms. The lowest BCUT2D eigenvalue weighted by atomic mass is 10.1. The Morgan fingerprint density at radius 3 is 2.65 bits per heavy atom. The van der Waals surface area contributed by atoms with Crippen LogP contribution in [0.2, 0.25) is 0 Å². The molecule has 1 aliphatic heterocycles. The highest BCUT2D eigenvalue weighted by Gasteiger charge is 2.23. The Morgan fingerprint density at radius 2 is 1.94 bits per heavy atom. The highest BCUT2D eigenvalue weighted by molar-refractivity contribution is 5.80. The van der Waals surface area contributed by atoms with Crippen LogP contribution >= 0.6 is 0 Å². The maximum absolute atomic E-state index is 13.4. The number of nitrogens with zero attached hydrogens (tertiary/aromatic N) is 4. The minimum Gasteiger partial charge on any atom is -0.378 e. The lowest BCUT2D eigenvalue weighted by Gasteiger charge is -2.26. The molecule has 1 amide bonds. The maximum atomic E-state index is 13.4. The topological polar surface area (TPSA) is 67.7 Å². The first-order chi connectivity index (χ1) is 15.0. The van der Waals surface area contributed by atoms with Gasteiger partial charge in [-0.3, -0.25) is 14.2 Å². The Labute approximate surface area is 181 Å². The van der Waals surface area contributed by atoms with Crippen LogP contribution in [0.3, 0.4) is 0 Å². The van der Waals surface area contributed by atoms with E-state index < -0.39 is 0 Å². The van der Waals surface area contributed by atoms with E-state index in [1.807, 2.05) is 72.4 Å². The predicted molar refractivity (Wildman–Crippen MR) is 121 cm³/mol. The summed E-state index contributed by atoms with van der Waals surface area (Å²) in [7, 11) is 4.00. The van der Waals surface area contributed by atoms with Gasteiger partial charge in [-0.1, -0.05) is 24.3 Å². The largest absolute Gasteiger partial charge is 0.378 e. The molecule has 1 fully saturated rings. The second-order valence-electron chi connectivity index (χ2n) is 8.14. The van der Waals surface area contributed by atoms with Gasteiger partial charge in [0.15, 0.2) is 0 Å². The zero-order chi connectivity index (χ0) is 21.8. The Kier molecular flexibility index (Phi) is 6.32. The van der Waals surface area contributed by atoms with Gasteiger partial charge in [0.1, 0.15) is 6.54 Å². The fourth-order valence-electron chi connectivity index (χ4n) is 3.92. The number of rotatable bonds is 7. The van der Waals surface area contributed by atoms with E-state index in [4.69, 9.17) is 4.74 Å². The average molecular weight is 421 g/mol. The van der Waals surface area contributed by atoms with E-state index in [9.17, 15) is 9.59 Å². The van der Waals surface area contributed by atoms with Crippen LogP contribution in [0.4, 0.5) is 5.69 Å². The molecular weight excluding hydrogens is 392 g/mol. The number of benzene rings is 2. The Bertz CT molecular complexity index is 1100. The van der Waals surface area contributed by atoms with Crippen molar-refractivity contribution in [2.24, 2.45) is 0 Å². The smallest absolute Gasteiger partial charge is 0.269 e. The van der Waals surface area contributed by atoms with Crippen LogP contribution in [-0.2, 0) is 22.6 Å². The van der Waals surface area contributed by atoms with E-state index in [2.05, 4.69) is 4.98 Å². The SMILES string of the molecule is CN(C)c1ccc(CN(CC2CCCO2)C(=O)Cn2c(=O)cnc3ccccc32)cc1. The zero-order valence-corrected chi connectivity index (χ0v) is 18.0. The minimum absolute atomic E-state index is 0.0234. The molecule has 0 radical (unpaired) electrons. The van der Waals surface area contributed by atoms with Gasteiger partial charge >= 0.3 is 0 Å². The van der Waals surface area contributed by atoms with Gasteiger partial charge in [-0.25, -0.2) is 4.98 Å². The fraction of sp³-hybridized carbons (Fsp3) is 0.375. The molecule has 31 heavy (non-hydrogen) atoms. The summed E-state index contributed by atoms with van der Waals surface area (Å²) < 4.78 is 7.29. The third kappa shape index (κ3) is 4.94. The van der Waals surface area contributed by atoms with Crippen molar-refractivity contribution in [1.29, 1.82) is 0 Å². The van der Waals surface area contributed by atoms with Crippen LogP contribution in [0.15, 0.2) is 59.5 Å². The van der Waals surface area contributed by atoms with E-state index in [0.29, 0.717) is 24.1 Å². The quantitative estimate of drug-likeness (QED) is 0.588. The van der Waals surface area contributed by atoms with Crippen molar-refractivity contribution in [2.75, 3.05) is 32.1 Å². The predicted octanol–water partition coefficient (Wildman–Crippen LogP) is 2.67. The van der Waals surface area contributed by atoms with Crippen LogP contribution in [-0.4, -0.2) is 53.7 Å². The molecule has 0 bridgehead atoms. The van der Waals surface area contributed by atoms with Crippen LogP contribution < -0.4 is 10.5 Å². The van der Waals surface area contributed by atoms with Gasteiger partial charge < -0.3 is 14.5 Å². The van der Waals surface area contributed by atoms with Gasteiger partial charge in [-0.2, -0.15) is 0 Å². The van der Waals surface area contributed by atoms with E-state index in [1.54, 1.807) is 0 Å². The number of carbonyl (C=O) groups excluding carboxylic acids is 1. The molecule has 0 spiro atoms. The van der Waals surface area contributed by atoms with Gasteiger partial charge in [0.2, 0.25) is 5.91 Å². The number of hydrogen-bond acceptors (Lipinski definition) is 5. The molecule has 1 aliphatic rings. The summed E-state index contributed by atoms with van der Waals surface area (Å²) in [5.41, 5.74) is 3.23. The Balaban J connectivity index is 1.58. The zero-order valence-electron chi connectivity index (χ0n) is 18.0. The average Bonchev–Trinajstić information content (AvgIpc) is 3.29. The Hall–Kier alpha value is -3.19. The standard InChI is InChI=1S/C24H28N4O3/c1-26(2)19-11-9-18(10-12-19)15-27(16-20-6-5-13-31-20)24(30)17-28-22-8-4-3-7-21(22)25-14-23(28)29/h3-4,7-12,14,20H,5-6,13,15-17H2,1-2H3. The first kappa shape index (κ1) is 21.1. The molecule has 1 atom stereocenters. The van der Waals surface area contributed by atoms with Gasteiger partial charge in [0, 0.05) is 39.5 Å². The van der Waals surface area contributed by atoms with Crippen LogP contribution in [0.5, 0.6) is 0 Å². The van der Waals surface area contributed by atoms with Gasteiger partial charge in [0.25, 0.3) is 5.56 Å². The number of amides is 1. The van der Waals surface area contributed by atoms with Crippen molar-refractivity contribution < 1.29 is 9.53 Å². The number of hydrogen-bond donors (Lipinski definition) is 0. The van der Waals surface area contributed by atoms with Crippen LogP contribution in [0, 0.1) is 0 Å². The summed E-state index contributed by atoms with van der Waals surface area (Å²) in [6.07, 6.45) is 3.27.